The molecule has 0 aliphatic rings. The van der Waals surface area contributed by atoms with Crippen molar-refractivity contribution in [2.24, 2.45) is 0 Å². The van der Waals surface area contributed by atoms with E-state index in [1.54, 1.807) is 18.2 Å². The molecule has 0 fully saturated rings. The minimum Gasteiger partial charge on any atom is -0.478 e. The number of carboxylic acid groups (broad SMARTS) is 1. The van der Waals surface area contributed by atoms with E-state index in [0.29, 0.717) is 11.1 Å². The Kier molecular flexibility index (Phi) is 3.48. The quantitative estimate of drug-likeness (QED) is 0.686. The number of non-ortho nitro benzene ring substituents is 1. The zero-order valence-corrected chi connectivity index (χ0v) is 10.3. The molecule has 1 N–H and O–H groups in total. The number of nitro groups is 1. The third-order valence-corrected chi connectivity index (χ3v) is 2.92. The Bertz CT molecular complexity index is 669. The van der Waals surface area contributed by atoms with Gasteiger partial charge in [0.1, 0.15) is 0 Å². The van der Waals surface area contributed by atoms with E-state index in [1.165, 1.54) is 24.3 Å². The Morgan fingerprint density at radius 2 is 1.84 bits per heavy atom. The second-order valence-corrected chi connectivity index (χ2v) is 4.21. The van der Waals surface area contributed by atoms with Crippen molar-refractivity contribution in [1.29, 1.82) is 0 Å². The molecule has 0 saturated heterocycles. The summed E-state index contributed by atoms with van der Waals surface area (Å²) in [5.41, 5.74) is 1.04. The highest BCUT2D eigenvalue weighted by Crippen LogP contribution is 2.27. The number of benzene rings is 2. The van der Waals surface area contributed by atoms with Crippen LogP contribution >= 0.6 is 11.6 Å². The second-order valence-electron chi connectivity index (χ2n) is 3.81. The number of carboxylic acids is 1. The van der Waals surface area contributed by atoms with Crippen molar-refractivity contribution >= 4 is 23.3 Å². The monoisotopic (exact) mass is 277 g/mol. The number of nitrogens with zero attached hydrogens (tertiary/aromatic N) is 1. The van der Waals surface area contributed by atoms with Gasteiger partial charge in [-0.1, -0.05) is 29.8 Å². The molecule has 19 heavy (non-hydrogen) atoms. The maximum atomic E-state index is 11.0. The van der Waals surface area contributed by atoms with Gasteiger partial charge < -0.3 is 5.11 Å². The van der Waals surface area contributed by atoms with Gasteiger partial charge in [0.15, 0.2) is 0 Å². The summed E-state index contributed by atoms with van der Waals surface area (Å²) in [7, 11) is 0. The van der Waals surface area contributed by atoms with Gasteiger partial charge in [-0.3, -0.25) is 10.1 Å². The topological polar surface area (TPSA) is 80.4 Å². The van der Waals surface area contributed by atoms with Crippen molar-refractivity contribution in [3.8, 4) is 11.1 Å². The van der Waals surface area contributed by atoms with Crippen LogP contribution in [0.3, 0.4) is 0 Å². The van der Waals surface area contributed by atoms with Crippen LogP contribution in [-0.4, -0.2) is 16.0 Å². The van der Waals surface area contributed by atoms with Gasteiger partial charge in [0.05, 0.1) is 15.5 Å². The van der Waals surface area contributed by atoms with Crippen LogP contribution in [0.1, 0.15) is 10.4 Å². The van der Waals surface area contributed by atoms with E-state index in [2.05, 4.69) is 0 Å². The van der Waals surface area contributed by atoms with Crippen molar-refractivity contribution in [3.05, 3.63) is 63.2 Å². The molecule has 0 saturated carbocycles. The van der Waals surface area contributed by atoms with Crippen LogP contribution in [0.25, 0.3) is 11.1 Å². The van der Waals surface area contributed by atoms with Gasteiger partial charge in [-0.25, -0.2) is 4.79 Å². The molecular weight excluding hydrogens is 270 g/mol. The van der Waals surface area contributed by atoms with Crippen LogP contribution in [0.5, 0.6) is 0 Å². The number of halogens is 1. The van der Waals surface area contributed by atoms with Crippen LogP contribution in [0.15, 0.2) is 42.5 Å². The SMILES string of the molecule is O=C(O)c1cc(-c2cccc([N+](=O)[O-])c2)ccc1Cl. The number of rotatable bonds is 3. The molecule has 0 heterocycles. The number of carbonyl (C=O) groups is 1. The summed E-state index contributed by atoms with van der Waals surface area (Å²) in [5, 5.41) is 19.8. The highest BCUT2D eigenvalue weighted by atomic mass is 35.5. The van der Waals surface area contributed by atoms with Crippen molar-refractivity contribution < 1.29 is 14.8 Å². The summed E-state index contributed by atoms with van der Waals surface area (Å²) in [6, 6.07) is 10.4. The van der Waals surface area contributed by atoms with Crippen LogP contribution < -0.4 is 0 Å². The lowest BCUT2D eigenvalue weighted by Crippen LogP contribution is -1.97. The maximum Gasteiger partial charge on any atom is 0.337 e. The van der Waals surface area contributed by atoms with Gasteiger partial charge in [0.2, 0.25) is 0 Å². The zero-order chi connectivity index (χ0) is 14.0. The molecule has 0 aromatic heterocycles. The van der Waals surface area contributed by atoms with Gasteiger partial charge in [-0.15, -0.1) is 0 Å². The molecule has 0 radical (unpaired) electrons. The summed E-state index contributed by atoms with van der Waals surface area (Å²) in [6.45, 7) is 0. The first-order valence-corrected chi connectivity index (χ1v) is 5.64. The van der Waals surface area contributed by atoms with Crippen LogP contribution in [0.4, 0.5) is 5.69 Å². The molecule has 0 amide bonds. The number of hydrogen-bond acceptors (Lipinski definition) is 3. The van der Waals surface area contributed by atoms with Crippen LogP contribution in [0.2, 0.25) is 5.02 Å². The molecule has 2 aromatic rings. The Morgan fingerprint density at radius 1 is 1.16 bits per heavy atom. The molecule has 0 spiro atoms. The summed E-state index contributed by atoms with van der Waals surface area (Å²) in [5.74, 6) is -1.14. The lowest BCUT2D eigenvalue weighted by molar-refractivity contribution is -0.384. The second kappa shape index (κ2) is 5.07. The Balaban J connectivity index is 2.53. The lowest BCUT2D eigenvalue weighted by atomic mass is 10.0. The fourth-order valence-corrected chi connectivity index (χ4v) is 1.87. The minimum atomic E-state index is -1.14. The number of hydrogen-bond donors (Lipinski definition) is 1. The average Bonchev–Trinajstić information content (AvgIpc) is 2.39. The summed E-state index contributed by atoms with van der Waals surface area (Å²) < 4.78 is 0. The molecule has 2 aromatic carbocycles. The summed E-state index contributed by atoms with van der Waals surface area (Å²) >= 11 is 5.77. The van der Waals surface area contributed by atoms with Crippen molar-refractivity contribution in [3.63, 3.8) is 0 Å². The van der Waals surface area contributed by atoms with Gasteiger partial charge in [-0.05, 0) is 23.3 Å². The first-order valence-electron chi connectivity index (χ1n) is 5.26. The van der Waals surface area contributed by atoms with E-state index < -0.39 is 10.9 Å². The van der Waals surface area contributed by atoms with E-state index in [1.807, 2.05) is 0 Å². The number of nitro benzene ring substituents is 1. The first kappa shape index (κ1) is 13.0. The minimum absolute atomic E-state index is 0.0364. The highest BCUT2D eigenvalue weighted by Gasteiger charge is 2.12. The molecule has 96 valence electrons. The molecule has 6 heteroatoms. The van der Waals surface area contributed by atoms with Crippen molar-refractivity contribution in [2.45, 2.75) is 0 Å². The van der Waals surface area contributed by atoms with E-state index >= 15 is 0 Å². The van der Waals surface area contributed by atoms with Crippen molar-refractivity contribution in [1.82, 2.24) is 0 Å². The maximum absolute atomic E-state index is 11.0. The Labute approximate surface area is 113 Å². The molecule has 0 aliphatic carbocycles. The molecule has 5 nitrogen and oxygen atoms in total. The van der Waals surface area contributed by atoms with Crippen LogP contribution in [0, 0.1) is 10.1 Å². The van der Waals surface area contributed by atoms with E-state index in [9.17, 15) is 14.9 Å². The summed E-state index contributed by atoms with van der Waals surface area (Å²) in [6.07, 6.45) is 0. The van der Waals surface area contributed by atoms with Gasteiger partial charge in [0, 0.05) is 12.1 Å². The Hall–Kier alpha value is -2.40. The van der Waals surface area contributed by atoms with E-state index in [-0.39, 0.29) is 16.3 Å². The van der Waals surface area contributed by atoms with Crippen molar-refractivity contribution in [2.75, 3.05) is 0 Å². The molecular formula is C13H8ClNO4. The standard InChI is InChI=1S/C13H8ClNO4/c14-12-5-4-9(7-11(12)13(16)17)8-2-1-3-10(6-8)15(18)19/h1-7H,(H,16,17). The van der Waals surface area contributed by atoms with E-state index in [0.717, 1.165) is 0 Å². The molecule has 0 aliphatic heterocycles. The van der Waals surface area contributed by atoms with Gasteiger partial charge in [-0.2, -0.15) is 0 Å². The highest BCUT2D eigenvalue weighted by molar-refractivity contribution is 6.33. The Morgan fingerprint density at radius 3 is 2.47 bits per heavy atom. The van der Waals surface area contributed by atoms with Gasteiger partial charge >= 0.3 is 5.97 Å². The molecule has 0 bridgehead atoms. The van der Waals surface area contributed by atoms with Crippen LogP contribution in [-0.2, 0) is 0 Å². The smallest absolute Gasteiger partial charge is 0.337 e. The third kappa shape index (κ3) is 2.71. The average molecular weight is 278 g/mol. The largest absolute Gasteiger partial charge is 0.478 e. The molecule has 0 unspecified atom stereocenters. The number of aromatic carboxylic acids is 1. The van der Waals surface area contributed by atoms with Gasteiger partial charge in [0.25, 0.3) is 5.69 Å². The zero-order valence-electron chi connectivity index (χ0n) is 9.54. The van der Waals surface area contributed by atoms with E-state index in [4.69, 9.17) is 16.7 Å². The fraction of sp³-hybridized carbons (Fsp3) is 0. The summed E-state index contributed by atoms with van der Waals surface area (Å²) in [4.78, 5) is 21.2. The fourth-order valence-electron chi connectivity index (χ4n) is 1.67. The third-order valence-electron chi connectivity index (χ3n) is 2.59. The molecule has 0 atom stereocenters. The lowest BCUT2D eigenvalue weighted by Gasteiger charge is -2.04. The molecule has 2 rings (SSSR count). The predicted molar refractivity (Wildman–Crippen MR) is 70.5 cm³/mol. The first-order chi connectivity index (χ1) is 8.99. The predicted octanol–water partition coefficient (Wildman–Crippen LogP) is 3.61. The normalized spacial score (nSPS) is 10.2.